The summed E-state index contributed by atoms with van der Waals surface area (Å²) in [6.45, 7) is 6.08. The van der Waals surface area contributed by atoms with Crippen molar-refractivity contribution in [3.8, 4) is 0 Å². The maximum absolute atomic E-state index is 11.3. The van der Waals surface area contributed by atoms with Crippen molar-refractivity contribution in [3.05, 3.63) is 23.7 Å². The van der Waals surface area contributed by atoms with Crippen molar-refractivity contribution in [3.63, 3.8) is 0 Å². The number of rotatable bonds is 3. The van der Waals surface area contributed by atoms with Crippen molar-refractivity contribution < 1.29 is 18.7 Å². The van der Waals surface area contributed by atoms with Gasteiger partial charge in [0.05, 0.1) is 19.0 Å². The fraction of sp³-hybridized carbons (Fsp3) is 0.545. The molecule has 4 nitrogen and oxygen atoms in total. The first kappa shape index (κ1) is 11.8. The van der Waals surface area contributed by atoms with Crippen LogP contribution in [0.1, 0.15) is 36.9 Å². The Balaban J connectivity index is 2.70. The van der Waals surface area contributed by atoms with Crippen molar-refractivity contribution in [1.82, 2.24) is 0 Å². The number of esters is 1. The largest absolute Gasteiger partial charge is 0.466 e. The topological polar surface area (TPSA) is 48.7 Å². The molecule has 1 rings (SSSR count). The summed E-state index contributed by atoms with van der Waals surface area (Å²) in [6, 6.07) is 1.58. The maximum Gasteiger partial charge on any atom is 0.341 e. The van der Waals surface area contributed by atoms with Crippen LogP contribution in [0, 0.1) is 0 Å². The molecule has 0 saturated heterocycles. The number of carbonyl (C=O) groups is 1. The second kappa shape index (κ2) is 4.49. The van der Waals surface area contributed by atoms with E-state index in [-0.39, 0.29) is 12.2 Å². The summed E-state index contributed by atoms with van der Waals surface area (Å²) in [5.74, 6) is 0.0908. The average Bonchev–Trinajstić information content (AvgIpc) is 2.60. The van der Waals surface area contributed by atoms with Crippen LogP contribution in [0.15, 0.2) is 16.7 Å². The fourth-order valence-corrected chi connectivity index (χ4v) is 1.03. The maximum atomic E-state index is 11.3. The minimum atomic E-state index is -0.406. The molecule has 0 aliphatic carbocycles. The Morgan fingerprint density at radius 3 is 2.67 bits per heavy atom. The van der Waals surface area contributed by atoms with Gasteiger partial charge in [-0.2, -0.15) is 0 Å². The number of ether oxygens (including phenoxy) is 2. The van der Waals surface area contributed by atoms with Crippen LogP contribution in [0.3, 0.4) is 0 Å². The predicted molar refractivity (Wildman–Crippen MR) is 54.6 cm³/mol. The summed E-state index contributed by atoms with van der Waals surface area (Å²) in [5.41, 5.74) is 0.155. The lowest BCUT2D eigenvalue weighted by molar-refractivity contribution is -0.0230. The van der Waals surface area contributed by atoms with Gasteiger partial charge < -0.3 is 13.9 Å². The predicted octanol–water partition coefficient (Wildman–Crippen LogP) is 2.38. The van der Waals surface area contributed by atoms with Crippen molar-refractivity contribution >= 4 is 5.97 Å². The van der Waals surface area contributed by atoms with Gasteiger partial charge in [0.25, 0.3) is 0 Å². The molecule has 0 radical (unpaired) electrons. The molecule has 0 aliphatic rings. The Labute approximate surface area is 89.2 Å². The van der Waals surface area contributed by atoms with Gasteiger partial charge in [-0.1, -0.05) is 0 Å². The first-order chi connectivity index (χ1) is 6.94. The highest BCUT2D eigenvalue weighted by Crippen LogP contribution is 2.16. The van der Waals surface area contributed by atoms with Gasteiger partial charge >= 0.3 is 5.97 Å². The molecule has 1 aromatic heterocycles. The Bertz CT molecular complexity index is 333. The highest BCUT2D eigenvalue weighted by atomic mass is 16.5. The lowest BCUT2D eigenvalue weighted by Gasteiger charge is -2.18. The van der Waals surface area contributed by atoms with E-state index < -0.39 is 5.97 Å². The molecule has 0 aromatic carbocycles. The molecule has 0 N–H and O–H groups in total. The lowest BCUT2D eigenvalue weighted by atomic mass is 10.2. The summed E-state index contributed by atoms with van der Waals surface area (Å²) in [7, 11) is 1.34. The van der Waals surface area contributed by atoms with E-state index in [4.69, 9.17) is 9.15 Å². The van der Waals surface area contributed by atoms with Crippen molar-refractivity contribution in [2.24, 2.45) is 0 Å². The van der Waals surface area contributed by atoms with Gasteiger partial charge in [-0.15, -0.1) is 0 Å². The highest BCUT2D eigenvalue weighted by molar-refractivity contribution is 5.90. The van der Waals surface area contributed by atoms with Crippen molar-refractivity contribution in [2.75, 3.05) is 7.11 Å². The van der Waals surface area contributed by atoms with Crippen LogP contribution in [0.5, 0.6) is 0 Å². The van der Waals surface area contributed by atoms with Crippen LogP contribution in [-0.4, -0.2) is 18.7 Å². The number of methoxy groups -OCH3 is 1. The van der Waals surface area contributed by atoms with Crippen LogP contribution in [-0.2, 0) is 16.1 Å². The SMILES string of the molecule is COC(=O)c1ccoc1COC(C)(C)C. The summed E-state index contributed by atoms with van der Waals surface area (Å²) in [6.07, 6.45) is 1.45. The molecule has 0 aliphatic heterocycles. The van der Waals surface area contributed by atoms with E-state index in [1.807, 2.05) is 20.8 Å². The third-order valence-corrected chi connectivity index (χ3v) is 1.79. The van der Waals surface area contributed by atoms with E-state index in [0.29, 0.717) is 11.3 Å². The molecule has 0 fully saturated rings. The second-order valence-corrected chi connectivity index (χ2v) is 4.15. The molecule has 1 aromatic rings. The standard InChI is InChI=1S/C11H16O4/c1-11(2,3)15-7-9-8(5-6-14-9)10(12)13-4/h5-6H,7H2,1-4H3. The number of hydrogen-bond acceptors (Lipinski definition) is 4. The van der Waals surface area contributed by atoms with Crippen LogP contribution < -0.4 is 0 Å². The zero-order valence-electron chi connectivity index (χ0n) is 9.49. The summed E-state index contributed by atoms with van der Waals surface area (Å²) in [4.78, 5) is 11.3. The average molecular weight is 212 g/mol. The minimum absolute atomic E-state index is 0.264. The third-order valence-electron chi connectivity index (χ3n) is 1.79. The number of hydrogen-bond donors (Lipinski definition) is 0. The first-order valence-corrected chi connectivity index (χ1v) is 4.72. The first-order valence-electron chi connectivity index (χ1n) is 4.72. The molecule has 1 heterocycles. The van der Waals surface area contributed by atoms with E-state index in [1.165, 1.54) is 13.4 Å². The molecule has 0 saturated carbocycles. The fourth-order valence-electron chi connectivity index (χ4n) is 1.03. The van der Waals surface area contributed by atoms with E-state index in [0.717, 1.165) is 0 Å². The smallest absolute Gasteiger partial charge is 0.341 e. The van der Waals surface area contributed by atoms with Gasteiger partial charge in [0.1, 0.15) is 17.9 Å². The Kier molecular flexibility index (Phi) is 3.52. The molecule has 84 valence electrons. The Morgan fingerprint density at radius 2 is 2.13 bits per heavy atom. The molecular formula is C11H16O4. The Hall–Kier alpha value is -1.29. The van der Waals surface area contributed by atoms with Gasteiger partial charge in [0.2, 0.25) is 0 Å². The van der Waals surface area contributed by atoms with Crippen molar-refractivity contribution in [1.29, 1.82) is 0 Å². The highest BCUT2D eigenvalue weighted by Gasteiger charge is 2.18. The minimum Gasteiger partial charge on any atom is -0.466 e. The summed E-state index contributed by atoms with van der Waals surface area (Å²) in [5, 5.41) is 0. The number of carbonyl (C=O) groups excluding carboxylic acids is 1. The van der Waals surface area contributed by atoms with Gasteiger partial charge in [-0.05, 0) is 26.8 Å². The summed E-state index contributed by atoms with van der Waals surface area (Å²) < 4.78 is 15.3. The van der Waals surface area contributed by atoms with Gasteiger partial charge in [-0.25, -0.2) is 4.79 Å². The van der Waals surface area contributed by atoms with Crippen LogP contribution in [0.4, 0.5) is 0 Å². The van der Waals surface area contributed by atoms with Gasteiger partial charge in [-0.3, -0.25) is 0 Å². The normalized spacial score (nSPS) is 11.5. The zero-order valence-corrected chi connectivity index (χ0v) is 9.49. The van der Waals surface area contributed by atoms with Gasteiger partial charge in [0.15, 0.2) is 0 Å². The van der Waals surface area contributed by atoms with Crippen LogP contribution >= 0.6 is 0 Å². The van der Waals surface area contributed by atoms with Gasteiger partial charge in [0, 0.05) is 0 Å². The third kappa shape index (κ3) is 3.40. The monoisotopic (exact) mass is 212 g/mol. The second-order valence-electron chi connectivity index (χ2n) is 4.15. The molecule has 0 amide bonds. The molecule has 0 atom stereocenters. The van der Waals surface area contributed by atoms with E-state index in [2.05, 4.69) is 4.74 Å². The molecule has 4 heteroatoms. The lowest BCUT2D eigenvalue weighted by Crippen LogP contribution is -2.19. The van der Waals surface area contributed by atoms with Crippen LogP contribution in [0.25, 0.3) is 0 Å². The molecule has 0 spiro atoms. The Morgan fingerprint density at radius 1 is 1.47 bits per heavy atom. The molecule has 0 bridgehead atoms. The van der Waals surface area contributed by atoms with Crippen LogP contribution in [0.2, 0.25) is 0 Å². The molecule has 0 unspecified atom stereocenters. The molecular weight excluding hydrogens is 196 g/mol. The molecule has 15 heavy (non-hydrogen) atoms. The zero-order chi connectivity index (χ0) is 11.5. The van der Waals surface area contributed by atoms with E-state index in [9.17, 15) is 4.79 Å². The van der Waals surface area contributed by atoms with E-state index in [1.54, 1.807) is 6.07 Å². The van der Waals surface area contributed by atoms with Crippen molar-refractivity contribution in [2.45, 2.75) is 33.0 Å². The van der Waals surface area contributed by atoms with E-state index >= 15 is 0 Å². The number of furan rings is 1. The quantitative estimate of drug-likeness (QED) is 0.722. The summed E-state index contributed by atoms with van der Waals surface area (Å²) >= 11 is 0.